The minimum atomic E-state index is -3.93. The molecule has 3 aromatic rings. The predicted molar refractivity (Wildman–Crippen MR) is 88.4 cm³/mol. The van der Waals surface area contributed by atoms with E-state index in [0.717, 1.165) is 6.07 Å². The third kappa shape index (κ3) is 3.00. The maximum atomic E-state index is 13.7. The number of sulfonamides is 1. The average molecular weight is 346 g/mol. The minimum absolute atomic E-state index is 0.140. The van der Waals surface area contributed by atoms with Gasteiger partial charge in [0.1, 0.15) is 12.1 Å². The number of rotatable bonds is 4. The van der Waals surface area contributed by atoms with E-state index in [0.29, 0.717) is 22.6 Å². The van der Waals surface area contributed by atoms with Crippen LogP contribution < -0.4 is 4.72 Å². The van der Waals surface area contributed by atoms with Crippen LogP contribution in [0.4, 0.5) is 10.1 Å². The molecule has 1 heterocycles. The summed E-state index contributed by atoms with van der Waals surface area (Å²) in [5, 5.41) is 7.79. The first-order valence-corrected chi connectivity index (χ1v) is 8.59. The van der Waals surface area contributed by atoms with Crippen LogP contribution in [0.15, 0.2) is 53.7 Å². The van der Waals surface area contributed by atoms with Gasteiger partial charge in [-0.1, -0.05) is 18.2 Å². The molecular formula is C16H15FN4O2S. The molecule has 0 aliphatic heterocycles. The molecule has 8 heteroatoms. The number of benzene rings is 2. The van der Waals surface area contributed by atoms with E-state index >= 15 is 0 Å². The molecule has 0 saturated carbocycles. The highest BCUT2D eigenvalue weighted by atomic mass is 32.2. The van der Waals surface area contributed by atoms with Gasteiger partial charge in [-0.15, -0.1) is 10.2 Å². The van der Waals surface area contributed by atoms with Crippen molar-refractivity contribution in [1.29, 1.82) is 0 Å². The summed E-state index contributed by atoms with van der Waals surface area (Å²) in [6, 6.07) is 10.6. The van der Waals surface area contributed by atoms with E-state index in [1.54, 1.807) is 42.8 Å². The zero-order valence-electron chi connectivity index (χ0n) is 13.1. The lowest BCUT2D eigenvalue weighted by atomic mass is 10.2. The molecule has 0 saturated heterocycles. The van der Waals surface area contributed by atoms with Gasteiger partial charge in [0.15, 0.2) is 5.82 Å². The molecule has 6 nitrogen and oxygen atoms in total. The normalized spacial score (nSPS) is 11.5. The highest BCUT2D eigenvalue weighted by Crippen LogP contribution is 2.28. The maximum Gasteiger partial charge on any atom is 0.262 e. The summed E-state index contributed by atoms with van der Waals surface area (Å²) in [6.45, 7) is 1.57. The van der Waals surface area contributed by atoms with Crippen LogP contribution in [0, 0.1) is 12.7 Å². The third-order valence-electron chi connectivity index (χ3n) is 3.58. The third-order valence-corrected chi connectivity index (χ3v) is 4.94. The van der Waals surface area contributed by atoms with Crippen LogP contribution in [0.25, 0.3) is 11.4 Å². The van der Waals surface area contributed by atoms with E-state index in [9.17, 15) is 12.8 Å². The highest BCUT2D eigenvalue weighted by molar-refractivity contribution is 7.92. The van der Waals surface area contributed by atoms with Crippen molar-refractivity contribution in [2.75, 3.05) is 4.72 Å². The van der Waals surface area contributed by atoms with Gasteiger partial charge in [0.25, 0.3) is 10.0 Å². The second-order valence-electron chi connectivity index (χ2n) is 5.33. The molecule has 124 valence electrons. The van der Waals surface area contributed by atoms with E-state index in [1.807, 2.05) is 0 Å². The van der Waals surface area contributed by atoms with Crippen molar-refractivity contribution in [2.45, 2.75) is 11.8 Å². The summed E-state index contributed by atoms with van der Waals surface area (Å²) in [5.74, 6) is -0.0529. The van der Waals surface area contributed by atoms with Crippen molar-refractivity contribution >= 4 is 15.7 Å². The average Bonchev–Trinajstić information content (AvgIpc) is 2.96. The Kier molecular flexibility index (Phi) is 4.06. The van der Waals surface area contributed by atoms with E-state index in [-0.39, 0.29) is 4.90 Å². The standard InChI is InChI=1S/C16H15FN4O2S/c1-11-7-8-12(9-14(11)17)24(22,23)20-15-6-4-3-5-13(15)16-19-18-10-21(16)2/h3-10,20H,1-2H3. The predicted octanol–water partition coefficient (Wildman–Crippen LogP) is 2.73. The smallest absolute Gasteiger partial charge is 0.262 e. The lowest BCUT2D eigenvalue weighted by molar-refractivity contribution is 0.593. The molecule has 0 atom stereocenters. The Morgan fingerprint density at radius 3 is 2.58 bits per heavy atom. The van der Waals surface area contributed by atoms with E-state index in [2.05, 4.69) is 14.9 Å². The number of aryl methyl sites for hydroxylation is 2. The van der Waals surface area contributed by atoms with Crippen molar-refractivity contribution < 1.29 is 12.8 Å². The summed E-state index contributed by atoms with van der Waals surface area (Å²) >= 11 is 0. The van der Waals surface area contributed by atoms with Crippen LogP contribution >= 0.6 is 0 Å². The SMILES string of the molecule is Cc1ccc(S(=O)(=O)Nc2ccccc2-c2nncn2C)cc1F. The van der Waals surface area contributed by atoms with Crippen molar-refractivity contribution in [3.63, 3.8) is 0 Å². The molecule has 1 aromatic heterocycles. The van der Waals surface area contributed by atoms with Crippen LogP contribution in [0.5, 0.6) is 0 Å². The second kappa shape index (κ2) is 6.04. The molecule has 3 rings (SSSR count). The molecule has 0 fully saturated rings. The zero-order valence-corrected chi connectivity index (χ0v) is 13.9. The van der Waals surface area contributed by atoms with Crippen molar-refractivity contribution in [1.82, 2.24) is 14.8 Å². The van der Waals surface area contributed by atoms with Crippen molar-refractivity contribution in [3.05, 3.63) is 60.2 Å². The fourth-order valence-electron chi connectivity index (χ4n) is 2.24. The first kappa shape index (κ1) is 16.1. The summed E-state index contributed by atoms with van der Waals surface area (Å²) in [7, 11) is -2.17. The summed E-state index contributed by atoms with van der Waals surface area (Å²) in [5.41, 5.74) is 1.30. The Balaban J connectivity index is 2.02. The Hall–Kier alpha value is -2.74. The molecule has 0 aliphatic rings. The number of hydrogen-bond donors (Lipinski definition) is 1. The highest BCUT2D eigenvalue weighted by Gasteiger charge is 2.19. The van der Waals surface area contributed by atoms with Gasteiger partial charge in [-0.25, -0.2) is 12.8 Å². The lowest BCUT2D eigenvalue weighted by Gasteiger charge is -2.12. The molecule has 0 unspecified atom stereocenters. The van der Waals surface area contributed by atoms with Gasteiger partial charge in [-0.05, 0) is 36.8 Å². The van der Waals surface area contributed by atoms with E-state index < -0.39 is 15.8 Å². The summed E-state index contributed by atoms with van der Waals surface area (Å²) in [6.07, 6.45) is 1.52. The Labute approximate surface area is 139 Å². The fraction of sp³-hybridized carbons (Fsp3) is 0.125. The molecular weight excluding hydrogens is 331 g/mol. The van der Waals surface area contributed by atoms with E-state index in [1.165, 1.54) is 18.5 Å². The minimum Gasteiger partial charge on any atom is -0.317 e. The van der Waals surface area contributed by atoms with Crippen LogP contribution in [0.3, 0.4) is 0 Å². The van der Waals surface area contributed by atoms with Crippen molar-refractivity contribution in [2.24, 2.45) is 7.05 Å². The Bertz CT molecular complexity index is 999. The molecule has 0 spiro atoms. The van der Waals surface area contributed by atoms with Gasteiger partial charge in [0, 0.05) is 12.6 Å². The zero-order chi connectivity index (χ0) is 17.3. The van der Waals surface area contributed by atoms with Crippen LogP contribution in [-0.2, 0) is 17.1 Å². The van der Waals surface area contributed by atoms with Crippen LogP contribution in [-0.4, -0.2) is 23.2 Å². The Morgan fingerprint density at radius 2 is 1.92 bits per heavy atom. The Morgan fingerprint density at radius 1 is 1.17 bits per heavy atom. The summed E-state index contributed by atoms with van der Waals surface area (Å²) in [4.78, 5) is -0.140. The number of para-hydroxylation sites is 1. The first-order chi connectivity index (χ1) is 11.4. The molecule has 0 bridgehead atoms. The van der Waals surface area contributed by atoms with Gasteiger partial charge >= 0.3 is 0 Å². The number of nitrogens with one attached hydrogen (secondary N) is 1. The number of aromatic nitrogens is 3. The molecule has 2 aromatic carbocycles. The maximum absolute atomic E-state index is 13.7. The monoisotopic (exact) mass is 346 g/mol. The number of halogens is 1. The van der Waals surface area contributed by atoms with Gasteiger partial charge < -0.3 is 4.57 Å². The number of nitrogens with zero attached hydrogens (tertiary/aromatic N) is 3. The lowest BCUT2D eigenvalue weighted by Crippen LogP contribution is -2.14. The largest absolute Gasteiger partial charge is 0.317 e. The van der Waals surface area contributed by atoms with Gasteiger partial charge in [-0.2, -0.15) is 0 Å². The second-order valence-corrected chi connectivity index (χ2v) is 7.01. The topological polar surface area (TPSA) is 76.9 Å². The van der Waals surface area contributed by atoms with Crippen LogP contribution in [0.2, 0.25) is 0 Å². The van der Waals surface area contributed by atoms with Gasteiger partial charge in [-0.3, -0.25) is 4.72 Å². The quantitative estimate of drug-likeness (QED) is 0.788. The summed E-state index contributed by atoms with van der Waals surface area (Å²) < 4.78 is 43.0. The number of anilines is 1. The fourth-order valence-corrected chi connectivity index (χ4v) is 3.33. The molecule has 1 N–H and O–H groups in total. The molecule has 0 amide bonds. The molecule has 0 radical (unpaired) electrons. The first-order valence-electron chi connectivity index (χ1n) is 7.11. The molecule has 0 aliphatic carbocycles. The number of hydrogen-bond acceptors (Lipinski definition) is 4. The van der Waals surface area contributed by atoms with Crippen molar-refractivity contribution in [3.8, 4) is 11.4 Å². The van der Waals surface area contributed by atoms with Gasteiger partial charge in [0.2, 0.25) is 0 Å². The van der Waals surface area contributed by atoms with Crippen LogP contribution in [0.1, 0.15) is 5.56 Å². The van der Waals surface area contributed by atoms with Gasteiger partial charge in [0.05, 0.1) is 10.6 Å². The molecule has 24 heavy (non-hydrogen) atoms. The van der Waals surface area contributed by atoms with E-state index in [4.69, 9.17) is 0 Å².